The minimum absolute atomic E-state index is 0.353. The summed E-state index contributed by atoms with van der Waals surface area (Å²) in [6.07, 6.45) is 0. The molecule has 6 nitrogen and oxygen atoms in total. The average molecular weight is 444 g/mol. The van der Waals surface area contributed by atoms with Crippen molar-refractivity contribution in [3.63, 3.8) is 0 Å². The Balaban J connectivity index is 1.47. The van der Waals surface area contributed by atoms with Crippen LogP contribution < -0.4 is 0 Å². The molecule has 0 amide bonds. The van der Waals surface area contributed by atoms with E-state index in [9.17, 15) is 4.39 Å². The summed E-state index contributed by atoms with van der Waals surface area (Å²) in [5.74, 6) is 1.42. The molecular formula is C24H18FN5OS. The number of aromatic nitrogens is 5. The van der Waals surface area contributed by atoms with Gasteiger partial charge in [0, 0.05) is 11.3 Å². The Morgan fingerprint density at radius 1 is 0.844 bits per heavy atom. The molecule has 3 aromatic carbocycles. The van der Waals surface area contributed by atoms with E-state index in [0.717, 1.165) is 16.8 Å². The Bertz CT molecular complexity index is 1350. The van der Waals surface area contributed by atoms with Crippen molar-refractivity contribution in [3.05, 3.63) is 96.1 Å². The van der Waals surface area contributed by atoms with Crippen LogP contribution in [0.25, 0.3) is 28.5 Å². The minimum atomic E-state index is -0.353. The highest BCUT2D eigenvalue weighted by Gasteiger charge is 2.19. The molecule has 0 N–H and O–H groups in total. The Hall–Kier alpha value is -3.78. The van der Waals surface area contributed by atoms with Crippen LogP contribution in [0.5, 0.6) is 0 Å². The van der Waals surface area contributed by atoms with Gasteiger partial charge in [0.25, 0.3) is 0 Å². The smallest absolute Gasteiger partial charge is 0.247 e. The van der Waals surface area contributed by atoms with E-state index in [1.165, 1.54) is 17.8 Å². The molecule has 8 heteroatoms. The second-order valence-corrected chi connectivity index (χ2v) is 8.06. The summed E-state index contributed by atoms with van der Waals surface area (Å²) >= 11 is 1.40. The monoisotopic (exact) mass is 443 g/mol. The number of nitrogens with zero attached hydrogens (tertiary/aromatic N) is 5. The molecule has 0 bridgehead atoms. The van der Waals surface area contributed by atoms with Gasteiger partial charge in [0.2, 0.25) is 11.8 Å². The standard InChI is InChI=1S/C24H18FN5OS/c1-16-11-13-18(14-12-16)30-22(19-9-5-6-10-20(19)25)27-29-24(30)32-15-21-26-28-23(31-21)17-7-3-2-4-8-17/h2-14H,15H2,1H3. The fraction of sp³-hybridized carbons (Fsp3) is 0.0833. The van der Waals surface area contributed by atoms with Crippen LogP contribution in [0.4, 0.5) is 4.39 Å². The maximum atomic E-state index is 14.5. The third-order valence-corrected chi connectivity index (χ3v) is 5.77. The lowest BCUT2D eigenvalue weighted by molar-refractivity contribution is 0.528. The Morgan fingerprint density at radius 2 is 1.59 bits per heavy atom. The maximum absolute atomic E-state index is 14.5. The number of rotatable bonds is 6. The van der Waals surface area contributed by atoms with Crippen LogP contribution in [0, 0.1) is 12.7 Å². The number of aryl methyl sites for hydroxylation is 1. The van der Waals surface area contributed by atoms with Gasteiger partial charge < -0.3 is 4.42 Å². The van der Waals surface area contributed by atoms with E-state index in [4.69, 9.17) is 4.42 Å². The third kappa shape index (κ3) is 4.04. The molecule has 32 heavy (non-hydrogen) atoms. The van der Waals surface area contributed by atoms with E-state index >= 15 is 0 Å². The predicted molar refractivity (Wildman–Crippen MR) is 121 cm³/mol. The molecule has 2 heterocycles. The number of halogens is 1. The number of benzene rings is 3. The van der Waals surface area contributed by atoms with Gasteiger partial charge in [-0.15, -0.1) is 20.4 Å². The second kappa shape index (κ2) is 8.76. The summed E-state index contributed by atoms with van der Waals surface area (Å²) < 4.78 is 22.2. The summed E-state index contributed by atoms with van der Waals surface area (Å²) in [4.78, 5) is 0. The molecule has 0 fully saturated rings. The third-order valence-electron chi connectivity index (χ3n) is 4.85. The summed E-state index contributed by atoms with van der Waals surface area (Å²) in [6.45, 7) is 2.02. The molecule has 0 unspecified atom stereocenters. The van der Waals surface area contributed by atoms with Crippen molar-refractivity contribution in [1.82, 2.24) is 25.0 Å². The van der Waals surface area contributed by atoms with Gasteiger partial charge in [-0.25, -0.2) is 4.39 Å². The first kappa shape index (κ1) is 20.1. The second-order valence-electron chi connectivity index (χ2n) is 7.11. The van der Waals surface area contributed by atoms with Gasteiger partial charge >= 0.3 is 0 Å². The number of hydrogen-bond donors (Lipinski definition) is 0. The summed E-state index contributed by atoms with van der Waals surface area (Å²) in [7, 11) is 0. The van der Waals surface area contributed by atoms with Crippen molar-refractivity contribution in [2.45, 2.75) is 17.8 Å². The van der Waals surface area contributed by atoms with Crippen molar-refractivity contribution in [2.24, 2.45) is 0 Å². The van der Waals surface area contributed by atoms with Gasteiger partial charge in [-0.3, -0.25) is 4.57 Å². The quantitative estimate of drug-likeness (QED) is 0.313. The van der Waals surface area contributed by atoms with Crippen LogP contribution in [-0.4, -0.2) is 25.0 Å². The van der Waals surface area contributed by atoms with Crippen LogP contribution in [0.2, 0.25) is 0 Å². The first-order valence-electron chi connectivity index (χ1n) is 9.97. The molecule has 2 aromatic heterocycles. The van der Waals surface area contributed by atoms with Crippen molar-refractivity contribution >= 4 is 11.8 Å². The Morgan fingerprint density at radius 3 is 2.38 bits per heavy atom. The lowest BCUT2D eigenvalue weighted by Gasteiger charge is -2.10. The molecule has 0 saturated heterocycles. The average Bonchev–Trinajstić information content (AvgIpc) is 3.46. The highest BCUT2D eigenvalue weighted by atomic mass is 32.2. The fourth-order valence-corrected chi connectivity index (χ4v) is 4.03. The zero-order valence-corrected chi connectivity index (χ0v) is 18.0. The summed E-state index contributed by atoms with van der Waals surface area (Å²) in [5, 5.41) is 17.5. The minimum Gasteiger partial charge on any atom is -0.420 e. The van der Waals surface area contributed by atoms with Crippen molar-refractivity contribution in [3.8, 4) is 28.5 Å². The first-order valence-corrected chi connectivity index (χ1v) is 11.0. The number of hydrogen-bond acceptors (Lipinski definition) is 6. The molecule has 5 rings (SSSR count). The largest absolute Gasteiger partial charge is 0.420 e. The fourth-order valence-electron chi connectivity index (χ4n) is 3.24. The summed E-state index contributed by atoms with van der Waals surface area (Å²) in [6, 6.07) is 24.1. The van der Waals surface area contributed by atoms with Crippen molar-refractivity contribution < 1.29 is 8.81 Å². The van der Waals surface area contributed by atoms with Gasteiger partial charge in [-0.2, -0.15) is 0 Å². The van der Waals surface area contributed by atoms with Gasteiger partial charge in [0.05, 0.1) is 11.3 Å². The molecule has 0 aliphatic carbocycles. The van der Waals surface area contributed by atoms with Gasteiger partial charge in [0.15, 0.2) is 11.0 Å². The highest BCUT2D eigenvalue weighted by Crippen LogP contribution is 2.31. The molecule has 0 atom stereocenters. The summed E-state index contributed by atoms with van der Waals surface area (Å²) in [5.41, 5.74) is 3.22. The molecule has 5 aromatic rings. The highest BCUT2D eigenvalue weighted by molar-refractivity contribution is 7.98. The van der Waals surface area contributed by atoms with Gasteiger partial charge in [-0.1, -0.05) is 59.8 Å². The Labute approximate surface area is 188 Å². The molecule has 0 aliphatic heterocycles. The maximum Gasteiger partial charge on any atom is 0.247 e. The normalized spacial score (nSPS) is 11.1. The van der Waals surface area contributed by atoms with Crippen LogP contribution in [0.3, 0.4) is 0 Å². The predicted octanol–water partition coefficient (Wildman–Crippen LogP) is 5.72. The lowest BCUT2D eigenvalue weighted by Crippen LogP contribution is -2.01. The van der Waals surface area contributed by atoms with Crippen LogP contribution in [-0.2, 0) is 5.75 Å². The van der Waals surface area contributed by atoms with E-state index < -0.39 is 0 Å². The zero-order chi connectivity index (χ0) is 21.9. The molecule has 0 radical (unpaired) electrons. The zero-order valence-electron chi connectivity index (χ0n) is 17.1. The van der Waals surface area contributed by atoms with Crippen LogP contribution in [0.1, 0.15) is 11.5 Å². The van der Waals surface area contributed by atoms with E-state index in [1.54, 1.807) is 18.2 Å². The molecule has 0 aliphatic rings. The lowest BCUT2D eigenvalue weighted by atomic mass is 10.2. The number of thioether (sulfide) groups is 1. The molecular weight excluding hydrogens is 425 g/mol. The van der Waals surface area contributed by atoms with E-state index in [-0.39, 0.29) is 5.82 Å². The van der Waals surface area contributed by atoms with Crippen LogP contribution >= 0.6 is 11.8 Å². The van der Waals surface area contributed by atoms with Crippen molar-refractivity contribution in [1.29, 1.82) is 0 Å². The van der Waals surface area contributed by atoms with Crippen LogP contribution in [0.15, 0.2) is 88.4 Å². The Kier molecular flexibility index (Phi) is 5.51. The van der Waals surface area contributed by atoms with Crippen molar-refractivity contribution in [2.75, 3.05) is 0 Å². The molecule has 158 valence electrons. The SMILES string of the molecule is Cc1ccc(-n2c(SCc3nnc(-c4ccccc4)o3)nnc2-c2ccccc2F)cc1. The van der Waals surface area contributed by atoms with Gasteiger partial charge in [-0.05, 0) is 43.3 Å². The molecule has 0 spiro atoms. The van der Waals surface area contributed by atoms with E-state index in [1.807, 2.05) is 66.1 Å². The molecule has 0 saturated carbocycles. The topological polar surface area (TPSA) is 69.6 Å². The van der Waals surface area contributed by atoms with E-state index in [0.29, 0.717) is 34.1 Å². The first-order chi connectivity index (χ1) is 15.7. The van der Waals surface area contributed by atoms with Gasteiger partial charge in [0.1, 0.15) is 5.82 Å². The van der Waals surface area contributed by atoms with E-state index in [2.05, 4.69) is 20.4 Å².